The van der Waals surface area contributed by atoms with Gasteiger partial charge in [-0.15, -0.1) is 0 Å². The smallest absolute Gasteiger partial charge is 0.314 e. The molecule has 1 rings (SSSR count). The SMILES string of the molecule is CNC(=O)NCCc1ccc(Cl)c(C)c1. The van der Waals surface area contributed by atoms with Crippen molar-refractivity contribution in [3.8, 4) is 0 Å². The third kappa shape index (κ3) is 3.80. The first-order chi connectivity index (χ1) is 7.13. The monoisotopic (exact) mass is 226 g/mol. The number of rotatable bonds is 3. The summed E-state index contributed by atoms with van der Waals surface area (Å²) >= 11 is 5.91. The molecule has 15 heavy (non-hydrogen) atoms. The number of benzene rings is 1. The molecule has 0 spiro atoms. The summed E-state index contributed by atoms with van der Waals surface area (Å²) in [5, 5.41) is 6.01. The lowest BCUT2D eigenvalue weighted by Crippen LogP contribution is -2.33. The highest BCUT2D eigenvalue weighted by atomic mass is 35.5. The zero-order valence-electron chi connectivity index (χ0n) is 8.93. The Morgan fingerprint density at radius 2 is 2.20 bits per heavy atom. The van der Waals surface area contributed by atoms with E-state index in [0.29, 0.717) is 6.54 Å². The van der Waals surface area contributed by atoms with Gasteiger partial charge < -0.3 is 10.6 Å². The number of carbonyl (C=O) groups excluding carboxylic acids is 1. The van der Waals surface area contributed by atoms with E-state index in [9.17, 15) is 4.79 Å². The molecule has 0 aliphatic carbocycles. The van der Waals surface area contributed by atoms with Crippen LogP contribution in [0.2, 0.25) is 5.02 Å². The molecule has 0 atom stereocenters. The first kappa shape index (κ1) is 11.9. The number of hydrogen-bond acceptors (Lipinski definition) is 1. The molecule has 82 valence electrons. The second kappa shape index (κ2) is 5.61. The van der Waals surface area contributed by atoms with Crippen LogP contribution in [0.25, 0.3) is 0 Å². The molecule has 0 aliphatic rings. The van der Waals surface area contributed by atoms with Gasteiger partial charge in [0.05, 0.1) is 0 Å². The molecule has 0 aromatic heterocycles. The topological polar surface area (TPSA) is 41.1 Å². The summed E-state index contributed by atoms with van der Waals surface area (Å²) in [5.74, 6) is 0. The van der Waals surface area contributed by atoms with Crippen molar-refractivity contribution in [1.82, 2.24) is 10.6 Å². The molecule has 2 amide bonds. The predicted molar refractivity (Wildman–Crippen MR) is 62.4 cm³/mol. The quantitative estimate of drug-likeness (QED) is 0.815. The molecule has 0 fully saturated rings. The highest BCUT2D eigenvalue weighted by Gasteiger charge is 1.99. The molecule has 0 aliphatic heterocycles. The Hall–Kier alpha value is -1.22. The molecule has 0 unspecified atom stereocenters. The Labute approximate surface area is 94.8 Å². The summed E-state index contributed by atoms with van der Waals surface area (Å²) in [6.07, 6.45) is 0.811. The molecule has 4 heteroatoms. The van der Waals surface area contributed by atoms with Crippen molar-refractivity contribution in [3.63, 3.8) is 0 Å². The number of hydrogen-bond donors (Lipinski definition) is 2. The van der Waals surface area contributed by atoms with E-state index >= 15 is 0 Å². The molecule has 1 aromatic rings. The van der Waals surface area contributed by atoms with Crippen LogP contribution in [0.3, 0.4) is 0 Å². The lowest BCUT2D eigenvalue weighted by Gasteiger charge is -2.05. The number of nitrogens with one attached hydrogen (secondary N) is 2. The van der Waals surface area contributed by atoms with E-state index in [1.54, 1.807) is 7.05 Å². The fraction of sp³-hybridized carbons (Fsp3) is 0.364. The van der Waals surface area contributed by atoms with Crippen molar-refractivity contribution in [2.24, 2.45) is 0 Å². The van der Waals surface area contributed by atoms with Crippen LogP contribution in [0.5, 0.6) is 0 Å². The van der Waals surface area contributed by atoms with Gasteiger partial charge in [0.2, 0.25) is 0 Å². The molecular formula is C11H15ClN2O. The second-order valence-corrected chi connectivity index (χ2v) is 3.75. The van der Waals surface area contributed by atoms with Gasteiger partial charge in [0.1, 0.15) is 0 Å². The standard InChI is InChI=1S/C11H15ClN2O/c1-8-7-9(3-4-10(8)12)5-6-14-11(15)13-2/h3-4,7H,5-6H2,1-2H3,(H2,13,14,15). The van der Waals surface area contributed by atoms with Crippen LogP contribution in [0.1, 0.15) is 11.1 Å². The Kier molecular flexibility index (Phi) is 4.43. The molecule has 0 bridgehead atoms. The van der Waals surface area contributed by atoms with E-state index < -0.39 is 0 Å². The highest BCUT2D eigenvalue weighted by Crippen LogP contribution is 2.16. The van der Waals surface area contributed by atoms with Gasteiger partial charge in [-0.3, -0.25) is 0 Å². The van der Waals surface area contributed by atoms with Gasteiger partial charge in [-0.2, -0.15) is 0 Å². The van der Waals surface area contributed by atoms with Crippen LogP contribution >= 0.6 is 11.6 Å². The zero-order chi connectivity index (χ0) is 11.3. The Balaban J connectivity index is 2.44. The lowest BCUT2D eigenvalue weighted by atomic mass is 10.1. The van der Waals surface area contributed by atoms with Gasteiger partial charge in [-0.1, -0.05) is 23.7 Å². The first-order valence-corrected chi connectivity index (χ1v) is 5.22. The van der Waals surface area contributed by atoms with Gasteiger partial charge in [0.15, 0.2) is 0 Å². The van der Waals surface area contributed by atoms with Crippen molar-refractivity contribution in [3.05, 3.63) is 34.3 Å². The lowest BCUT2D eigenvalue weighted by molar-refractivity contribution is 0.243. The number of amides is 2. The minimum absolute atomic E-state index is 0.152. The summed E-state index contributed by atoms with van der Waals surface area (Å²) in [6, 6.07) is 5.74. The molecule has 1 aromatic carbocycles. The fourth-order valence-electron chi connectivity index (χ4n) is 1.27. The van der Waals surface area contributed by atoms with Gasteiger partial charge in [-0.05, 0) is 30.5 Å². The molecule has 2 N–H and O–H groups in total. The van der Waals surface area contributed by atoms with Crippen molar-refractivity contribution >= 4 is 17.6 Å². The van der Waals surface area contributed by atoms with Crippen LogP contribution in [-0.4, -0.2) is 19.6 Å². The van der Waals surface area contributed by atoms with Crippen LogP contribution in [0, 0.1) is 6.92 Å². The maximum Gasteiger partial charge on any atom is 0.314 e. The molecule has 0 radical (unpaired) electrons. The third-order valence-electron chi connectivity index (χ3n) is 2.15. The Bertz CT molecular complexity index is 352. The molecule has 0 saturated heterocycles. The highest BCUT2D eigenvalue weighted by molar-refractivity contribution is 6.31. The van der Waals surface area contributed by atoms with Crippen LogP contribution in [0.4, 0.5) is 4.79 Å². The molecule has 0 heterocycles. The molecular weight excluding hydrogens is 212 g/mol. The summed E-state index contributed by atoms with van der Waals surface area (Å²) in [7, 11) is 1.60. The van der Waals surface area contributed by atoms with Crippen molar-refractivity contribution in [2.75, 3.05) is 13.6 Å². The minimum atomic E-state index is -0.152. The van der Waals surface area contributed by atoms with Gasteiger partial charge in [0, 0.05) is 18.6 Å². The van der Waals surface area contributed by atoms with Crippen LogP contribution in [0.15, 0.2) is 18.2 Å². The average Bonchev–Trinajstić information content (AvgIpc) is 2.23. The summed E-state index contributed by atoms with van der Waals surface area (Å²) in [6.45, 7) is 2.60. The van der Waals surface area contributed by atoms with E-state index in [-0.39, 0.29) is 6.03 Å². The van der Waals surface area contributed by atoms with Crippen LogP contribution < -0.4 is 10.6 Å². The van der Waals surface area contributed by atoms with Gasteiger partial charge >= 0.3 is 6.03 Å². The number of halogens is 1. The number of carbonyl (C=O) groups is 1. The zero-order valence-corrected chi connectivity index (χ0v) is 9.69. The Morgan fingerprint density at radius 1 is 1.47 bits per heavy atom. The maximum atomic E-state index is 10.9. The minimum Gasteiger partial charge on any atom is -0.341 e. The van der Waals surface area contributed by atoms with E-state index in [2.05, 4.69) is 10.6 Å². The molecule has 0 saturated carbocycles. The molecule has 3 nitrogen and oxygen atoms in total. The van der Waals surface area contributed by atoms with Crippen molar-refractivity contribution in [1.29, 1.82) is 0 Å². The van der Waals surface area contributed by atoms with E-state index in [4.69, 9.17) is 11.6 Å². The predicted octanol–water partition coefficient (Wildman–Crippen LogP) is 2.12. The fourth-order valence-corrected chi connectivity index (χ4v) is 1.39. The first-order valence-electron chi connectivity index (χ1n) is 4.84. The normalized spacial score (nSPS) is 9.80. The second-order valence-electron chi connectivity index (χ2n) is 3.34. The summed E-state index contributed by atoms with van der Waals surface area (Å²) in [5.41, 5.74) is 2.24. The number of urea groups is 1. The van der Waals surface area contributed by atoms with Crippen molar-refractivity contribution in [2.45, 2.75) is 13.3 Å². The summed E-state index contributed by atoms with van der Waals surface area (Å²) < 4.78 is 0. The Morgan fingerprint density at radius 3 is 2.80 bits per heavy atom. The van der Waals surface area contributed by atoms with E-state index in [1.807, 2.05) is 25.1 Å². The van der Waals surface area contributed by atoms with E-state index in [1.165, 1.54) is 5.56 Å². The largest absolute Gasteiger partial charge is 0.341 e. The van der Waals surface area contributed by atoms with Crippen LogP contribution in [-0.2, 0) is 6.42 Å². The third-order valence-corrected chi connectivity index (χ3v) is 2.57. The van der Waals surface area contributed by atoms with E-state index in [0.717, 1.165) is 17.0 Å². The van der Waals surface area contributed by atoms with Gasteiger partial charge in [-0.25, -0.2) is 4.79 Å². The average molecular weight is 227 g/mol. The summed E-state index contributed by atoms with van der Waals surface area (Å²) in [4.78, 5) is 10.9. The number of aryl methyl sites for hydroxylation is 1. The van der Waals surface area contributed by atoms with Gasteiger partial charge in [0.25, 0.3) is 0 Å². The van der Waals surface area contributed by atoms with Crippen molar-refractivity contribution < 1.29 is 4.79 Å². The maximum absolute atomic E-state index is 10.9.